The molecule has 0 saturated carbocycles. The van der Waals surface area contributed by atoms with Crippen molar-refractivity contribution in [2.75, 3.05) is 31.1 Å². The van der Waals surface area contributed by atoms with Gasteiger partial charge in [-0.2, -0.15) is 0 Å². The molecule has 168 valence electrons. The van der Waals surface area contributed by atoms with Crippen LogP contribution in [0.4, 0.5) is 5.82 Å². The second-order valence-corrected chi connectivity index (χ2v) is 9.65. The standard InChI is InChI=1S/C26H32N4OS/c1-5-19(3)24-27-20(4)22(17-21-9-6-8-18(2)16-21)25(28-24)29-11-13-30(14-12-29)26(31)23-10-7-15-32-23/h6-10,15-16,19H,5,11-14,17H2,1-4H3. The number of thiophene rings is 1. The van der Waals surface area contributed by atoms with E-state index in [-0.39, 0.29) is 5.91 Å². The molecular formula is C26H32N4OS. The molecule has 3 aromatic rings. The lowest BCUT2D eigenvalue weighted by Gasteiger charge is -2.36. The Kier molecular flexibility index (Phi) is 6.89. The van der Waals surface area contributed by atoms with Gasteiger partial charge in [0.05, 0.1) is 4.88 Å². The number of anilines is 1. The molecule has 0 bridgehead atoms. The Hall–Kier alpha value is -2.73. The monoisotopic (exact) mass is 448 g/mol. The summed E-state index contributed by atoms with van der Waals surface area (Å²) in [6, 6.07) is 12.5. The molecule has 1 aromatic carbocycles. The second kappa shape index (κ2) is 9.82. The van der Waals surface area contributed by atoms with Gasteiger partial charge >= 0.3 is 0 Å². The summed E-state index contributed by atoms with van der Waals surface area (Å²) in [5, 5.41) is 1.96. The Morgan fingerprint density at radius 1 is 1.09 bits per heavy atom. The first-order valence-electron chi connectivity index (χ1n) is 11.5. The van der Waals surface area contributed by atoms with E-state index in [1.54, 1.807) is 0 Å². The van der Waals surface area contributed by atoms with E-state index in [9.17, 15) is 4.79 Å². The van der Waals surface area contributed by atoms with Crippen molar-refractivity contribution in [2.24, 2.45) is 0 Å². The van der Waals surface area contributed by atoms with Crippen LogP contribution in [0.2, 0.25) is 0 Å². The highest BCUT2D eigenvalue weighted by molar-refractivity contribution is 7.12. The molecule has 5 nitrogen and oxygen atoms in total. The van der Waals surface area contributed by atoms with Crippen LogP contribution in [0.5, 0.6) is 0 Å². The molecule has 4 rings (SSSR count). The van der Waals surface area contributed by atoms with Crippen molar-refractivity contribution < 1.29 is 4.79 Å². The SMILES string of the molecule is CCC(C)c1nc(C)c(Cc2cccc(C)c2)c(N2CCN(C(=O)c3cccs3)CC2)n1. The summed E-state index contributed by atoms with van der Waals surface area (Å²) in [5.74, 6) is 2.42. The summed E-state index contributed by atoms with van der Waals surface area (Å²) >= 11 is 1.51. The first-order chi connectivity index (χ1) is 15.5. The van der Waals surface area contributed by atoms with Gasteiger partial charge in [-0.15, -0.1) is 11.3 Å². The van der Waals surface area contributed by atoms with Crippen LogP contribution in [-0.4, -0.2) is 47.0 Å². The number of aromatic nitrogens is 2. The Morgan fingerprint density at radius 2 is 1.88 bits per heavy atom. The largest absolute Gasteiger partial charge is 0.353 e. The normalized spacial score (nSPS) is 15.1. The molecule has 1 aliphatic heterocycles. The van der Waals surface area contributed by atoms with Gasteiger partial charge in [-0.3, -0.25) is 4.79 Å². The number of aryl methyl sites for hydroxylation is 2. The Labute approximate surface area is 195 Å². The van der Waals surface area contributed by atoms with Crippen molar-refractivity contribution in [1.29, 1.82) is 0 Å². The lowest BCUT2D eigenvalue weighted by Crippen LogP contribution is -2.49. The van der Waals surface area contributed by atoms with Crippen molar-refractivity contribution >= 4 is 23.1 Å². The number of hydrogen-bond donors (Lipinski definition) is 0. The van der Waals surface area contributed by atoms with Crippen molar-refractivity contribution in [2.45, 2.75) is 46.5 Å². The van der Waals surface area contributed by atoms with Crippen molar-refractivity contribution in [1.82, 2.24) is 14.9 Å². The zero-order chi connectivity index (χ0) is 22.7. The zero-order valence-electron chi connectivity index (χ0n) is 19.5. The van der Waals surface area contributed by atoms with Gasteiger partial charge < -0.3 is 9.80 Å². The average molecular weight is 449 g/mol. The maximum absolute atomic E-state index is 12.8. The molecule has 0 spiro atoms. The summed E-state index contributed by atoms with van der Waals surface area (Å²) in [5.41, 5.74) is 4.80. The Morgan fingerprint density at radius 3 is 2.53 bits per heavy atom. The minimum Gasteiger partial charge on any atom is -0.353 e. The van der Waals surface area contributed by atoms with E-state index >= 15 is 0 Å². The van der Waals surface area contributed by atoms with E-state index < -0.39 is 0 Å². The number of piperazine rings is 1. The molecule has 1 atom stereocenters. The average Bonchev–Trinajstić information content (AvgIpc) is 3.34. The van der Waals surface area contributed by atoms with Gasteiger partial charge in [-0.25, -0.2) is 9.97 Å². The van der Waals surface area contributed by atoms with E-state index in [4.69, 9.17) is 9.97 Å². The number of hydrogen-bond acceptors (Lipinski definition) is 5. The minimum absolute atomic E-state index is 0.138. The highest BCUT2D eigenvalue weighted by atomic mass is 32.1. The van der Waals surface area contributed by atoms with Crippen LogP contribution in [0.1, 0.15) is 64.1 Å². The number of carbonyl (C=O) groups is 1. The molecule has 1 amide bonds. The smallest absolute Gasteiger partial charge is 0.264 e. The third-order valence-corrected chi connectivity index (χ3v) is 7.18. The zero-order valence-corrected chi connectivity index (χ0v) is 20.3. The molecular weight excluding hydrogens is 416 g/mol. The van der Waals surface area contributed by atoms with Crippen molar-refractivity contribution in [3.63, 3.8) is 0 Å². The van der Waals surface area contributed by atoms with E-state index in [0.29, 0.717) is 19.0 Å². The summed E-state index contributed by atoms with van der Waals surface area (Å²) in [6.45, 7) is 11.6. The molecule has 1 unspecified atom stereocenters. The predicted molar refractivity (Wildman–Crippen MR) is 132 cm³/mol. The quantitative estimate of drug-likeness (QED) is 0.519. The molecule has 0 N–H and O–H groups in total. The highest BCUT2D eigenvalue weighted by Gasteiger charge is 2.26. The molecule has 3 heterocycles. The topological polar surface area (TPSA) is 49.3 Å². The van der Waals surface area contributed by atoms with Crippen molar-refractivity contribution in [3.8, 4) is 0 Å². The number of amides is 1. The van der Waals surface area contributed by atoms with Crippen LogP contribution in [0.25, 0.3) is 0 Å². The Bertz CT molecular complexity index is 1070. The van der Waals surface area contributed by atoms with Crippen LogP contribution in [0.3, 0.4) is 0 Å². The lowest BCUT2D eigenvalue weighted by atomic mass is 10.0. The third kappa shape index (κ3) is 4.85. The fourth-order valence-corrected chi connectivity index (χ4v) is 4.87. The van der Waals surface area contributed by atoms with Gasteiger partial charge in [0, 0.05) is 49.8 Å². The minimum atomic E-state index is 0.138. The van der Waals surface area contributed by atoms with Gasteiger partial charge in [0.25, 0.3) is 5.91 Å². The first-order valence-corrected chi connectivity index (χ1v) is 12.3. The molecule has 32 heavy (non-hydrogen) atoms. The van der Waals surface area contributed by atoms with E-state index in [1.165, 1.54) is 28.0 Å². The molecule has 1 fully saturated rings. The Balaban J connectivity index is 1.61. The first kappa shape index (κ1) is 22.5. The summed E-state index contributed by atoms with van der Waals surface area (Å²) in [4.78, 5) is 27.9. The van der Waals surface area contributed by atoms with E-state index in [2.05, 4.69) is 56.9 Å². The van der Waals surface area contributed by atoms with Crippen LogP contribution in [0.15, 0.2) is 41.8 Å². The summed E-state index contributed by atoms with van der Waals surface area (Å²) < 4.78 is 0. The van der Waals surface area contributed by atoms with Gasteiger partial charge in [0.1, 0.15) is 11.6 Å². The van der Waals surface area contributed by atoms with Crippen molar-refractivity contribution in [3.05, 3.63) is 74.9 Å². The van der Waals surface area contributed by atoms with Crippen LogP contribution < -0.4 is 4.90 Å². The number of carbonyl (C=O) groups excluding carboxylic acids is 1. The van der Waals surface area contributed by atoms with E-state index in [0.717, 1.165) is 48.1 Å². The van der Waals surface area contributed by atoms with Gasteiger partial charge in [-0.1, -0.05) is 49.7 Å². The lowest BCUT2D eigenvalue weighted by molar-refractivity contribution is 0.0751. The highest BCUT2D eigenvalue weighted by Crippen LogP contribution is 2.28. The van der Waals surface area contributed by atoms with Gasteiger partial charge in [0.2, 0.25) is 0 Å². The molecule has 0 aliphatic carbocycles. The third-order valence-electron chi connectivity index (χ3n) is 6.32. The molecule has 1 aliphatic rings. The van der Waals surface area contributed by atoms with Gasteiger partial charge in [-0.05, 0) is 37.3 Å². The van der Waals surface area contributed by atoms with Gasteiger partial charge in [0.15, 0.2) is 0 Å². The number of nitrogens with zero attached hydrogens (tertiary/aromatic N) is 4. The predicted octanol–water partition coefficient (Wildman–Crippen LogP) is 5.22. The molecule has 0 radical (unpaired) electrons. The van der Waals surface area contributed by atoms with Crippen LogP contribution >= 0.6 is 11.3 Å². The molecule has 6 heteroatoms. The fraction of sp³-hybridized carbons (Fsp3) is 0.423. The maximum Gasteiger partial charge on any atom is 0.264 e. The number of benzene rings is 1. The van der Waals surface area contributed by atoms with Crippen LogP contribution in [0, 0.1) is 13.8 Å². The molecule has 2 aromatic heterocycles. The van der Waals surface area contributed by atoms with Crippen LogP contribution in [-0.2, 0) is 6.42 Å². The maximum atomic E-state index is 12.8. The summed E-state index contributed by atoms with van der Waals surface area (Å²) in [6.07, 6.45) is 1.83. The number of rotatable bonds is 6. The second-order valence-electron chi connectivity index (χ2n) is 8.70. The summed E-state index contributed by atoms with van der Waals surface area (Å²) in [7, 11) is 0. The molecule has 1 saturated heterocycles. The van der Waals surface area contributed by atoms with E-state index in [1.807, 2.05) is 22.4 Å². The fourth-order valence-electron chi connectivity index (χ4n) is 4.18.